The number of nitrogens with zero attached hydrogens (tertiary/aromatic N) is 2. The molecule has 0 N–H and O–H groups in total. The van der Waals surface area contributed by atoms with Gasteiger partial charge < -0.3 is 4.90 Å². The molecule has 0 spiro atoms. The quantitative estimate of drug-likeness (QED) is 0.413. The Morgan fingerprint density at radius 2 is 1.28 bits per heavy atom. The number of piperazine rings is 1. The van der Waals surface area contributed by atoms with Crippen LogP contribution in [0.2, 0.25) is 0 Å². The van der Waals surface area contributed by atoms with Gasteiger partial charge in [0.2, 0.25) is 5.91 Å². The van der Waals surface area contributed by atoms with Gasteiger partial charge in [-0.1, -0.05) is 60.7 Å². The molecule has 1 aliphatic heterocycles. The van der Waals surface area contributed by atoms with E-state index in [9.17, 15) is 18.0 Å². The highest BCUT2D eigenvalue weighted by atomic mass is 19.2. The normalized spacial score (nSPS) is 14.9. The van der Waals surface area contributed by atoms with E-state index in [-0.39, 0.29) is 17.5 Å². The molecule has 1 saturated heterocycles. The van der Waals surface area contributed by atoms with Crippen molar-refractivity contribution in [2.45, 2.75) is 6.04 Å². The molecule has 6 heteroatoms. The van der Waals surface area contributed by atoms with Gasteiger partial charge in [0.25, 0.3) is 0 Å². The van der Waals surface area contributed by atoms with E-state index in [0.29, 0.717) is 26.2 Å². The van der Waals surface area contributed by atoms with Gasteiger partial charge >= 0.3 is 0 Å². The maximum Gasteiger partial charge on any atom is 0.246 e. The number of hydrogen-bond donors (Lipinski definition) is 0. The van der Waals surface area contributed by atoms with Crippen LogP contribution in [0.5, 0.6) is 0 Å². The van der Waals surface area contributed by atoms with Crippen LogP contribution in [0.15, 0.2) is 78.9 Å². The highest BCUT2D eigenvalue weighted by Crippen LogP contribution is 2.29. The molecule has 4 rings (SSSR count). The standard InChI is InChI=1S/C26H23F3N2O/c27-22-17-19(18-23(28)25(22)29)11-12-24(32)30-13-15-31(16-14-30)26(20-7-3-1-4-8-20)21-9-5-2-6-10-21/h1-12,17-18,26H,13-16H2/b12-11+. The zero-order chi connectivity index (χ0) is 22.5. The van der Waals surface area contributed by atoms with Crippen molar-refractivity contribution in [1.29, 1.82) is 0 Å². The summed E-state index contributed by atoms with van der Waals surface area (Å²) in [5, 5.41) is 0. The predicted octanol–water partition coefficient (Wildman–Crippen LogP) is 5.05. The van der Waals surface area contributed by atoms with Crippen molar-refractivity contribution < 1.29 is 18.0 Å². The second-order valence-corrected chi connectivity index (χ2v) is 7.72. The molecule has 0 aliphatic carbocycles. The number of carbonyl (C=O) groups excluding carboxylic acids is 1. The molecule has 1 amide bonds. The van der Waals surface area contributed by atoms with Gasteiger partial charge in [-0.15, -0.1) is 0 Å². The van der Waals surface area contributed by atoms with Crippen LogP contribution in [0.25, 0.3) is 6.08 Å². The fourth-order valence-corrected chi connectivity index (χ4v) is 4.03. The molecule has 0 atom stereocenters. The third-order valence-electron chi connectivity index (χ3n) is 5.65. The second-order valence-electron chi connectivity index (χ2n) is 7.72. The zero-order valence-electron chi connectivity index (χ0n) is 17.4. The highest BCUT2D eigenvalue weighted by Gasteiger charge is 2.27. The summed E-state index contributed by atoms with van der Waals surface area (Å²) in [5.41, 5.74) is 2.49. The molecule has 3 nitrogen and oxygen atoms in total. The molecule has 164 valence electrons. The summed E-state index contributed by atoms with van der Waals surface area (Å²) in [6.07, 6.45) is 2.57. The van der Waals surface area contributed by atoms with Gasteiger partial charge in [-0.25, -0.2) is 13.2 Å². The molecule has 1 heterocycles. The third kappa shape index (κ3) is 4.92. The average molecular weight is 436 g/mol. The molecule has 0 bridgehead atoms. The number of carbonyl (C=O) groups is 1. The lowest BCUT2D eigenvalue weighted by atomic mass is 9.96. The summed E-state index contributed by atoms with van der Waals surface area (Å²) in [4.78, 5) is 16.6. The second kappa shape index (κ2) is 9.83. The Hall–Kier alpha value is -3.38. The summed E-state index contributed by atoms with van der Waals surface area (Å²) in [7, 11) is 0. The van der Waals surface area contributed by atoms with Gasteiger partial charge in [0, 0.05) is 32.3 Å². The summed E-state index contributed by atoms with van der Waals surface area (Å²) in [6.45, 7) is 2.44. The minimum absolute atomic E-state index is 0.0929. The van der Waals surface area contributed by atoms with Crippen molar-refractivity contribution in [1.82, 2.24) is 9.80 Å². The number of amides is 1. The Morgan fingerprint density at radius 3 is 1.78 bits per heavy atom. The van der Waals surface area contributed by atoms with Crippen LogP contribution in [-0.2, 0) is 4.79 Å². The first-order chi connectivity index (χ1) is 15.5. The molecule has 1 fully saturated rings. The summed E-state index contributed by atoms with van der Waals surface area (Å²) in [6, 6.07) is 22.3. The van der Waals surface area contributed by atoms with E-state index in [4.69, 9.17) is 0 Å². The molecule has 0 unspecified atom stereocenters. The number of benzene rings is 3. The van der Waals surface area contributed by atoms with Gasteiger partial charge in [0.1, 0.15) is 0 Å². The lowest BCUT2D eigenvalue weighted by molar-refractivity contribution is -0.127. The fourth-order valence-electron chi connectivity index (χ4n) is 4.03. The first-order valence-corrected chi connectivity index (χ1v) is 10.5. The largest absolute Gasteiger partial charge is 0.337 e. The molecule has 0 aromatic heterocycles. The number of rotatable bonds is 5. The predicted molar refractivity (Wildman–Crippen MR) is 118 cm³/mol. The van der Waals surface area contributed by atoms with Gasteiger partial charge in [-0.05, 0) is 34.9 Å². The van der Waals surface area contributed by atoms with Crippen LogP contribution in [0, 0.1) is 17.5 Å². The SMILES string of the molecule is O=C(/C=C/c1cc(F)c(F)c(F)c1)N1CCN(C(c2ccccc2)c2ccccc2)CC1. The first-order valence-electron chi connectivity index (χ1n) is 10.5. The minimum Gasteiger partial charge on any atom is -0.337 e. The molecule has 3 aromatic carbocycles. The van der Waals surface area contributed by atoms with Crippen LogP contribution < -0.4 is 0 Å². The van der Waals surface area contributed by atoms with Gasteiger partial charge in [-0.3, -0.25) is 9.69 Å². The molecule has 0 saturated carbocycles. The van der Waals surface area contributed by atoms with E-state index >= 15 is 0 Å². The Bertz CT molecular complexity index is 1030. The fraction of sp³-hybridized carbons (Fsp3) is 0.192. The monoisotopic (exact) mass is 436 g/mol. The molecule has 1 aliphatic rings. The van der Waals surface area contributed by atoms with E-state index in [2.05, 4.69) is 29.2 Å². The summed E-state index contributed by atoms with van der Waals surface area (Å²) in [5.74, 6) is -4.32. The van der Waals surface area contributed by atoms with Gasteiger partial charge in [-0.2, -0.15) is 0 Å². The van der Waals surface area contributed by atoms with Crippen LogP contribution in [0.4, 0.5) is 13.2 Å². The van der Waals surface area contributed by atoms with Crippen LogP contribution in [-0.4, -0.2) is 41.9 Å². The van der Waals surface area contributed by atoms with Crippen LogP contribution >= 0.6 is 0 Å². The summed E-state index contributed by atoms with van der Waals surface area (Å²) >= 11 is 0. The van der Waals surface area contributed by atoms with Gasteiger partial charge in [0.05, 0.1) is 6.04 Å². The minimum atomic E-state index is -1.52. The van der Waals surface area contributed by atoms with E-state index in [1.54, 1.807) is 4.90 Å². The van der Waals surface area contributed by atoms with Crippen molar-refractivity contribution in [3.8, 4) is 0 Å². The van der Waals surface area contributed by atoms with Crippen LogP contribution in [0.3, 0.4) is 0 Å². The van der Waals surface area contributed by atoms with Crippen molar-refractivity contribution >= 4 is 12.0 Å². The maximum absolute atomic E-state index is 13.4. The third-order valence-corrected chi connectivity index (χ3v) is 5.65. The molecular formula is C26H23F3N2O. The lowest BCUT2D eigenvalue weighted by Crippen LogP contribution is -2.49. The highest BCUT2D eigenvalue weighted by molar-refractivity contribution is 5.91. The topological polar surface area (TPSA) is 23.6 Å². The van der Waals surface area contributed by atoms with Crippen LogP contribution in [0.1, 0.15) is 22.7 Å². The smallest absolute Gasteiger partial charge is 0.246 e. The number of halogens is 3. The van der Waals surface area contributed by atoms with E-state index in [1.807, 2.05) is 36.4 Å². The Morgan fingerprint density at radius 1 is 0.781 bits per heavy atom. The van der Waals surface area contributed by atoms with Crippen molar-refractivity contribution in [3.63, 3.8) is 0 Å². The molecular weight excluding hydrogens is 413 g/mol. The Balaban J connectivity index is 1.44. The molecule has 3 aromatic rings. The van der Waals surface area contributed by atoms with Gasteiger partial charge in [0.15, 0.2) is 17.5 Å². The molecule has 0 radical (unpaired) electrons. The zero-order valence-corrected chi connectivity index (χ0v) is 17.4. The van der Waals surface area contributed by atoms with Crippen molar-refractivity contribution in [2.75, 3.05) is 26.2 Å². The average Bonchev–Trinajstić information content (AvgIpc) is 2.83. The van der Waals surface area contributed by atoms with E-state index in [1.165, 1.54) is 23.3 Å². The number of hydrogen-bond acceptors (Lipinski definition) is 2. The first kappa shape index (κ1) is 21.8. The Kier molecular flexibility index (Phi) is 6.71. The Labute approximate surface area is 185 Å². The van der Waals surface area contributed by atoms with Crippen molar-refractivity contribution in [3.05, 3.63) is 113 Å². The van der Waals surface area contributed by atoms with E-state index < -0.39 is 17.5 Å². The maximum atomic E-state index is 13.4. The summed E-state index contributed by atoms with van der Waals surface area (Å²) < 4.78 is 39.8. The molecule has 32 heavy (non-hydrogen) atoms. The van der Waals surface area contributed by atoms with Crippen molar-refractivity contribution in [2.24, 2.45) is 0 Å². The van der Waals surface area contributed by atoms with E-state index in [0.717, 1.165) is 12.1 Å². The lowest BCUT2D eigenvalue weighted by Gasteiger charge is -2.39.